The highest BCUT2D eigenvalue weighted by Gasteiger charge is 2.32. The van der Waals surface area contributed by atoms with Gasteiger partial charge in [0.25, 0.3) is 0 Å². The third-order valence-corrected chi connectivity index (χ3v) is 7.96. The molecule has 0 spiro atoms. The number of nitrogens with one attached hydrogen (secondary N) is 3. The van der Waals surface area contributed by atoms with Crippen molar-refractivity contribution >= 4 is 39.5 Å². The van der Waals surface area contributed by atoms with Gasteiger partial charge in [-0.05, 0) is 63.8 Å². The van der Waals surface area contributed by atoms with Crippen LogP contribution in [-0.2, 0) is 24.2 Å². The maximum Gasteiger partial charge on any atom is 0.407 e. The zero-order valence-electron chi connectivity index (χ0n) is 27.4. The number of carbonyl (C=O) groups is 3. The van der Waals surface area contributed by atoms with Crippen molar-refractivity contribution in [1.29, 1.82) is 0 Å². The van der Waals surface area contributed by atoms with Crippen LogP contribution in [0.3, 0.4) is 0 Å². The van der Waals surface area contributed by atoms with Gasteiger partial charge in [0.2, 0.25) is 10.0 Å². The summed E-state index contributed by atoms with van der Waals surface area (Å²) >= 11 is 0.982. The SMILES string of the molecule is CC(C)(C)OC(=O)N[C@H](CN)C(C)(C)C.COC(=O)c1sccc1S(=O)(=O)NC[C@@H](NC(=O)OC(C)(C)C)C(C)(C)C. The van der Waals surface area contributed by atoms with Gasteiger partial charge < -0.3 is 30.6 Å². The number of sulfonamides is 1. The second kappa shape index (κ2) is 15.3. The Balaban J connectivity index is 0.000000951. The first kappa shape index (κ1) is 39.6. The summed E-state index contributed by atoms with van der Waals surface area (Å²) in [4.78, 5) is 35.2. The summed E-state index contributed by atoms with van der Waals surface area (Å²) in [5, 5.41) is 6.98. The summed E-state index contributed by atoms with van der Waals surface area (Å²) in [5.41, 5.74) is 3.95. The predicted octanol–water partition coefficient (Wildman–Crippen LogP) is 4.64. The monoisotopic (exact) mass is 636 g/mol. The maximum absolute atomic E-state index is 12.6. The van der Waals surface area contributed by atoms with Crippen LogP contribution in [-0.4, -0.2) is 70.1 Å². The summed E-state index contributed by atoms with van der Waals surface area (Å²) < 4.78 is 42.7. The third-order valence-electron chi connectivity index (χ3n) is 5.48. The second-order valence-electron chi connectivity index (χ2n) is 13.8. The van der Waals surface area contributed by atoms with Gasteiger partial charge in [-0.2, -0.15) is 0 Å². The molecule has 0 saturated carbocycles. The standard InChI is InChI=1S/C17H28N2O6S2.C11H24N2O2/c1-16(2,3)12(19-15(21)25-17(4,5)6)10-18-27(22,23)11-8-9-26-13(11)14(20)24-7;1-10(2,3)8(7-12)13-9(14)15-11(4,5)6/h8-9,12,18H,10H2,1-7H3,(H,19,21);8H,7,12H2,1-6H3,(H,13,14)/t12-;8-/m11/s1. The average molecular weight is 637 g/mol. The topological polar surface area (TPSA) is 175 Å². The van der Waals surface area contributed by atoms with Crippen molar-refractivity contribution in [2.75, 3.05) is 20.2 Å². The van der Waals surface area contributed by atoms with Crippen LogP contribution >= 0.6 is 11.3 Å². The Morgan fingerprint density at radius 2 is 1.26 bits per heavy atom. The Bertz CT molecular complexity index is 1140. The van der Waals surface area contributed by atoms with Crippen LogP contribution in [0.2, 0.25) is 0 Å². The van der Waals surface area contributed by atoms with Crippen molar-refractivity contribution in [3.05, 3.63) is 16.3 Å². The summed E-state index contributed by atoms with van der Waals surface area (Å²) in [6.07, 6.45) is -1.04. The lowest BCUT2D eigenvalue weighted by atomic mass is 9.87. The Kier molecular flexibility index (Phi) is 14.5. The van der Waals surface area contributed by atoms with Crippen molar-refractivity contribution in [1.82, 2.24) is 15.4 Å². The van der Waals surface area contributed by atoms with E-state index in [1.165, 1.54) is 18.6 Å². The summed E-state index contributed by atoms with van der Waals surface area (Å²) in [5.74, 6) is -0.718. The number of ether oxygens (including phenoxy) is 3. The minimum Gasteiger partial charge on any atom is -0.465 e. The number of methoxy groups -OCH3 is 1. The van der Waals surface area contributed by atoms with Crippen molar-refractivity contribution in [2.24, 2.45) is 16.6 Å². The van der Waals surface area contributed by atoms with Crippen LogP contribution in [0.1, 0.15) is 92.8 Å². The van der Waals surface area contributed by atoms with Gasteiger partial charge in [0.1, 0.15) is 21.0 Å². The fraction of sp³-hybridized carbons (Fsp3) is 0.750. The van der Waals surface area contributed by atoms with Gasteiger partial charge in [-0.25, -0.2) is 27.5 Å². The normalized spacial score (nSPS) is 14.0. The van der Waals surface area contributed by atoms with Crippen LogP contribution in [0.15, 0.2) is 16.3 Å². The zero-order chi connectivity index (χ0) is 33.3. The van der Waals surface area contributed by atoms with E-state index in [2.05, 4.69) is 20.1 Å². The molecule has 0 aliphatic carbocycles. The highest BCUT2D eigenvalue weighted by Crippen LogP contribution is 2.24. The quantitative estimate of drug-likeness (QED) is 0.234. The molecule has 1 rings (SSSR count). The summed E-state index contributed by atoms with van der Waals surface area (Å²) in [6.45, 7) is 22.8. The van der Waals surface area contributed by atoms with Gasteiger partial charge in [-0.3, -0.25) is 0 Å². The van der Waals surface area contributed by atoms with Crippen LogP contribution in [0.25, 0.3) is 0 Å². The minimum atomic E-state index is -3.96. The van der Waals surface area contributed by atoms with Gasteiger partial charge in [-0.1, -0.05) is 41.5 Å². The molecule has 2 amide bonds. The van der Waals surface area contributed by atoms with E-state index in [9.17, 15) is 22.8 Å². The van der Waals surface area contributed by atoms with E-state index < -0.39 is 50.8 Å². The van der Waals surface area contributed by atoms with Gasteiger partial charge in [0.05, 0.1) is 13.2 Å². The number of thiophene rings is 1. The van der Waals surface area contributed by atoms with E-state index in [4.69, 9.17) is 15.2 Å². The Morgan fingerprint density at radius 3 is 1.62 bits per heavy atom. The first-order valence-corrected chi connectivity index (χ1v) is 15.9. The fourth-order valence-electron chi connectivity index (χ4n) is 3.12. The minimum absolute atomic E-state index is 0.00240. The summed E-state index contributed by atoms with van der Waals surface area (Å²) in [7, 11) is -2.77. The smallest absolute Gasteiger partial charge is 0.407 e. The average Bonchev–Trinajstić information content (AvgIpc) is 3.27. The first-order chi connectivity index (χ1) is 18.7. The molecule has 0 aromatic carbocycles. The molecule has 5 N–H and O–H groups in total. The van der Waals surface area contributed by atoms with Crippen LogP contribution in [0.4, 0.5) is 9.59 Å². The number of amides is 2. The molecule has 244 valence electrons. The first-order valence-electron chi connectivity index (χ1n) is 13.6. The van der Waals surface area contributed by atoms with E-state index >= 15 is 0 Å². The number of hydrogen-bond donors (Lipinski definition) is 4. The van der Waals surface area contributed by atoms with Gasteiger partial charge in [-0.15, -0.1) is 11.3 Å². The summed E-state index contributed by atoms with van der Waals surface area (Å²) in [6, 6.07) is 0.724. The highest BCUT2D eigenvalue weighted by atomic mass is 32.2. The zero-order valence-corrected chi connectivity index (χ0v) is 29.0. The molecule has 0 fully saturated rings. The molecule has 1 heterocycles. The second-order valence-corrected chi connectivity index (χ2v) is 16.5. The van der Waals surface area contributed by atoms with Crippen LogP contribution in [0.5, 0.6) is 0 Å². The third kappa shape index (κ3) is 15.2. The van der Waals surface area contributed by atoms with Gasteiger partial charge in [0, 0.05) is 19.1 Å². The molecule has 1 aromatic rings. The largest absolute Gasteiger partial charge is 0.465 e. The van der Waals surface area contributed by atoms with Gasteiger partial charge >= 0.3 is 18.2 Å². The van der Waals surface area contributed by atoms with Crippen molar-refractivity contribution in [3.63, 3.8) is 0 Å². The maximum atomic E-state index is 12.6. The number of carbonyl (C=O) groups excluding carboxylic acids is 3. The Labute approximate surface area is 255 Å². The molecule has 42 heavy (non-hydrogen) atoms. The number of esters is 1. The van der Waals surface area contributed by atoms with Crippen molar-refractivity contribution < 1.29 is 37.0 Å². The highest BCUT2D eigenvalue weighted by molar-refractivity contribution is 7.89. The molecule has 0 aliphatic heterocycles. The molecule has 12 nitrogen and oxygen atoms in total. The molecule has 0 bridgehead atoms. The Morgan fingerprint density at radius 1 is 0.833 bits per heavy atom. The molecule has 0 radical (unpaired) electrons. The van der Waals surface area contributed by atoms with Crippen molar-refractivity contribution in [2.45, 2.75) is 111 Å². The molecule has 0 unspecified atom stereocenters. The van der Waals surface area contributed by atoms with Crippen molar-refractivity contribution in [3.8, 4) is 0 Å². The van der Waals surface area contributed by atoms with E-state index in [-0.39, 0.29) is 27.8 Å². The predicted molar refractivity (Wildman–Crippen MR) is 165 cm³/mol. The Hall–Kier alpha value is -2.42. The van der Waals surface area contributed by atoms with E-state index in [0.717, 1.165) is 11.3 Å². The number of rotatable bonds is 8. The van der Waals surface area contributed by atoms with Crippen LogP contribution in [0, 0.1) is 10.8 Å². The lowest BCUT2D eigenvalue weighted by molar-refractivity contribution is 0.0456. The number of hydrogen-bond acceptors (Lipinski definition) is 10. The van der Waals surface area contributed by atoms with Crippen LogP contribution < -0.4 is 21.1 Å². The van der Waals surface area contributed by atoms with E-state index in [1.54, 1.807) is 20.8 Å². The van der Waals surface area contributed by atoms with E-state index in [1.807, 2.05) is 62.3 Å². The fourth-order valence-corrected chi connectivity index (χ4v) is 5.50. The molecule has 0 saturated heterocycles. The molecule has 14 heteroatoms. The lowest BCUT2D eigenvalue weighted by Gasteiger charge is -2.32. The molecule has 1 aromatic heterocycles. The van der Waals surface area contributed by atoms with Gasteiger partial charge in [0.15, 0.2) is 0 Å². The lowest BCUT2D eigenvalue weighted by Crippen LogP contribution is -2.51. The molecular formula is C28H52N4O8S2. The molecule has 0 aliphatic rings. The van der Waals surface area contributed by atoms with E-state index in [0.29, 0.717) is 6.54 Å². The molecular weight excluding hydrogens is 584 g/mol. The number of nitrogens with two attached hydrogens (primary N) is 1. The number of alkyl carbamates (subject to hydrolysis) is 2. The molecule has 2 atom stereocenters.